The predicted molar refractivity (Wildman–Crippen MR) is 71.6 cm³/mol. The van der Waals surface area contributed by atoms with Crippen molar-refractivity contribution in [2.24, 2.45) is 5.92 Å². The van der Waals surface area contributed by atoms with Crippen LogP contribution in [0.1, 0.15) is 30.5 Å². The normalized spacial score (nSPS) is 15.2. The standard InChI is InChI=1S/C15H17N2O/c1-9-4-5-12-7-10(2)15(13(12)6-9)11(3)14(18)8-17-16/h4-6,11H,7-8H2,1-3H3/q+1. The second kappa shape index (κ2) is 4.73. The van der Waals surface area contributed by atoms with Gasteiger partial charge in [-0.15, -0.1) is 0 Å². The summed E-state index contributed by atoms with van der Waals surface area (Å²) >= 11 is 0. The molecule has 3 heteroatoms. The Hall–Kier alpha value is -1.95. The fraction of sp³-hybridized carbons (Fsp3) is 0.400. The molecule has 0 saturated heterocycles. The highest BCUT2D eigenvalue weighted by Crippen LogP contribution is 2.38. The van der Waals surface area contributed by atoms with E-state index in [1.165, 1.54) is 22.3 Å². The molecule has 18 heavy (non-hydrogen) atoms. The number of Topliss-reactive ketones (excluding diaryl/α,β-unsaturated/α-hetero) is 1. The lowest BCUT2D eigenvalue weighted by molar-refractivity contribution is -0.118. The number of benzene rings is 1. The summed E-state index contributed by atoms with van der Waals surface area (Å²) in [6.07, 6.45) is 0.916. The first kappa shape index (κ1) is 12.5. The number of hydrogen-bond acceptors (Lipinski definition) is 2. The average molecular weight is 241 g/mol. The summed E-state index contributed by atoms with van der Waals surface area (Å²) in [5, 5.41) is 8.52. The zero-order valence-electron chi connectivity index (χ0n) is 11.0. The Kier molecular flexibility index (Phi) is 3.29. The number of rotatable bonds is 3. The van der Waals surface area contributed by atoms with Gasteiger partial charge in [-0.3, -0.25) is 4.79 Å². The van der Waals surface area contributed by atoms with Crippen molar-refractivity contribution in [3.05, 3.63) is 45.4 Å². The summed E-state index contributed by atoms with van der Waals surface area (Å²) < 4.78 is 0. The summed E-state index contributed by atoms with van der Waals surface area (Å²) in [7, 11) is 0. The Bertz CT molecular complexity index is 579. The molecule has 1 atom stereocenters. The number of carbonyl (C=O) groups is 1. The molecule has 0 radical (unpaired) electrons. The SMILES string of the molecule is CC1=C(C(C)C(=O)C[N+]#N)c2cc(C)ccc2C1. The van der Waals surface area contributed by atoms with Crippen LogP contribution in [0.3, 0.4) is 0 Å². The number of diazo groups is 1. The first-order valence-electron chi connectivity index (χ1n) is 6.17. The van der Waals surface area contributed by atoms with Gasteiger partial charge in [0.15, 0.2) is 0 Å². The van der Waals surface area contributed by atoms with E-state index >= 15 is 0 Å². The van der Waals surface area contributed by atoms with Crippen LogP contribution in [-0.2, 0) is 11.2 Å². The third-order valence-corrected chi connectivity index (χ3v) is 3.61. The van der Waals surface area contributed by atoms with Crippen molar-refractivity contribution in [3.8, 4) is 0 Å². The first-order chi connectivity index (χ1) is 8.54. The van der Waals surface area contributed by atoms with Gasteiger partial charge in [0, 0.05) is 5.92 Å². The summed E-state index contributed by atoms with van der Waals surface area (Å²) in [5.74, 6) is -0.245. The van der Waals surface area contributed by atoms with Gasteiger partial charge in [-0.2, -0.15) is 0 Å². The number of carbonyl (C=O) groups excluding carboxylic acids is 1. The van der Waals surface area contributed by atoms with Crippen LogP contribution in [0.4, 0.5) is 0 Å². The Morgan fingerprint density at radius 3 is 2.83 bits per heavy atom. The molecule has 0 aliphatic heterocycles. The van der Waals surface area contributed by atoms with Crippen molar-refractivity contribution >= 4 is 11.4 Å². The molecule has 2 rings (SSSR count). The molecule has 0 amide bonds. The number of allylic oxidation sites excluding steroid dienone is 2. The number of aryl methyl sites for hydroxylation is 1. The molecule has 92 valence electrons. The van der Waals surface area contributed by atoms with Crippen molar-refractivity contribution in [1.29, 1.82) is 5.39 Å². The molecule has 3 nitrogen and oxygen atoms in total. The van der Waals surface area contributed by atoms with E-state index in [4.69, 9.17) is 5.39 Å². The topological polar surface area (TPSA) is 45.2 Å². The van der Waals surface area contributed by atoms with Crippen LogP contribution in [0.25, 0.3) is 10.5 Å². The maximum atomic E-state index is 11.9. The molecule has 0 spiro atoms. The molecule has 0 fully saturated rings. The lowest BCUT2D eigenvalue weighted by Gasteiger charge is -2.12. The highest BCUT2D eigenvalue weighted by Gasteiger charge is 2.29. The van der Waals surface area contributed by atoms with Crippen LogP contribution in [0.15, 0.2) is 23.8 Å². The molecular weight excluding hydrogens is 224 g/mol. The van der Waals surface area contributed by atoms with Gasteiger partial charge < -0.3 is 0 Å². The second-order valence-corrected chi connectivity index (χ2v) is 5.02. The summed E-state index contributed by atoms with van der Waals surface area (Å²) in [6, 6.07) is 6.38. The number of ketones is 1. The molecule has 1 aromatic rings. The van der Waals surface area contributed by atoms with Gasteiger partial charge >= 0.3 is 6.54 Å². The third kappa shape index (κ3) is 2.06. The lowest BCUT2D eigenvalue weighted by Crippen LogP contribution is -2.15. The monoisotopic (exact) mass is 241 g/mol. The molecular formula is C15H17N2O+. The number of hydrogen-bond donors (Lipinski definition) is 0. The van der Waals surface area contributed by atoms with Gasteiger partial charge in [-0.1, -0.05) is 36.3 Å². The maximum Gasteiger partial charge on any atom is 0.363 e. The van der Waals surface area contributed by atoms with E-state index in [-0.39, 0.29) is 18.2 Å². The van der Waals surface area contributed by atoms with Crippen molar-refractivity contribution in [2.45, 2.75) is 27.2 Å². The van der Waals surface area contributed by atoms with Gasteiger partial charge in [0.25, 0.3) is 0 Å². The molecule has 0 saturated carbocycles. The molecule has 0 bridgehead atoms. The second-order valence-electron chi connectivity index (χ2n) is 5.02. The van der Waals surface area contributed by atoms with Gasteiger partial charge in [0.2, 0.25) is 11.2 Å². The van der Waals surface area contributed by atoms with E-state index in [1.54, 1.807) is 0 Å². The van der Waals surface area contributed by atoms with Crippen LogP contribution in [-0.4, -0.2) is 12.3 Å². The largest absolute Gasteiger partial charge is 0.363 e. The van der Waals surface area contributed by atoms with Crippen molar-refractivity contribution in [2.75, 3.05) is 6.54 Å². The van der Waals surface area contributed by atoms with Gasteiger partial charge in [-0.25, -0.2) is 0 Å². The molecule has 1 aliphatic carbocycles. The average Bonchev–Trinajstić information content (AvgIpc) is 2.64. The Labute approximate surface area is 107 Å². The van der Waals surface area contributed by atoms with Crippen LogP contribution in [0.5, 0.6) is 0 Å². The first-order valence-corrected chi connectivity index (χ1v) is 6.17. The summed E-state index contributed by atoms with van der Waals surface area (Å²) in [6.45, 7) is 5.90. The van der Waals surface area contributed by atoms with E-state index in [1.807, 2.05) is 6.92 Å². The minimum atomic E-state index is -0.205. The highest BCUT2D eigenvalue weighted by molar-refractivity contribution is 5.97. The third-order valence-electron chi connectivity index (χ3n) is 3.61. The minimum Gasteiger partial charge on any atom is -0.290 e. The van der Waals surface area contributed by atoms with Gasteiger partial charge in [0.1, 0.15) is 4.98 Å². The molecule has 1 aliphatic rings. The van der Waals surface area contributed by atoms with Crippen LogP contribution < -0.4 is 0 Å². The maximum absolute atomic E-state index is 11.9. The van der Waals surface area contributed by atoms with Crippen LogP contribution >= 0.6 is 0 Å². The summed E-state index contributed by atoms with van der Waals surface area (Å²) in [5.41, 5.74) is 6.03. The van der Waals surface area contributed by atoms with Crippen LogP contribution in [0.2, 0.25) is 0 Å². The highest BCUT2D eigenvalue weighted by atomic mass is 16.1. The predicted octanol–water partition coefficient (Wildman–Crippen LogP) is 3.38. The molecule has 1 aromatic carbocycles. The molecule has 1 unspecified atom stereocenters. The number of nitrogens with zero attached hydrogens (tertiary/aromatic N) is 2. The molecule has 0 N–H and O–H groups in total. The Morgan fingerprint density at radius 2 is 2.17 bits per heavy atom. The van der Waals surface area contributed by atoms with E-state index in [9.17, 15) is 4.79 Å². The fourth-order valence-corrected chi connectivity index (χ4v) is 2.68. The summed E-state index contributed by atoms with van der Waals surface area (Å²) in [4.78, 5) is 14.8. The Morgan fingerprint density at radius 1 is 1.44 bits per heavy atom. The quantitative estimate of drug-likeness (QED) is 0.761. The van der Waals surface area contributed by atoms with E-state index < -0.39 is 0 Å². The molecule has 0 aromatic heterocycles. The van der Waals surface area contributed by atoms with Gasteiger partial charge in [0.05, 0.1) is 0 Å². The lowest BCUT2D eigenvalue weighted by atomic mass is 9.90. The Balaban J connectivity index is 2.41. The van der Waals surface area contributed by atoms with Crippen molar-refractivity contribution in [1.82, 2.24) is 0 Å². The van der Waals surface area contributed by atoms with Crippen molar-refractivity contribution < 1.29 is 4.79 Å². The van der Waals surface area contributed by atoms with E-state index in [0.29, 0.717) is 0 Å². The van der Waals surface area contributed by atoms with Gasteiger partial charge in [-0.05, 0) is 37.0 Å². The zero-order valence-corrected chi connectivity index (χ0v) is 11.0. The van der Waals surface area contributed by atoms with Crippen molar-refractivity contribution in [3.63, 3.8) is 0 Å². The fourth-order valence-electron chi connectivity index (χ4n) is 2.68. The zero-order chi connectivity index (χ0) is 13.3. The van der Waals surface area contributed by atoms with E-state index in [2.05, 4.69) is 37.0 Å². The smallest absolute Gasteiger partial charge is 0.290 e. The molecule has 0 heterocycles. The number of fused-ring (bicyclic) bond motifs is 1. The van der Waals surface area contributed by atoms with Crippen LogP contribution in [0, 0.1) is 18.2 Å². The van der Waals surface area contributed by atoms with E-state index in [0.717, 1.165) is 12.0 Å². The minimum absolute atomic E-state index is 0.0405.